The molecule has 18 heavy (non-hydrogen) atoms. The Labute approximate surface area is 111 Å². The largest absolute Gasteiger partial charge is 0.374 e. The van der Waals surface area contributed by atoms with E-state index in [1.807, 2.05) is 6.07 Å². The van der Waals surface area contributed by atoms with Crippen molar-refractivity contribution in [2.45, 2.75) is 10.8 Å². The van der Waals surface area contributed by atoms with Crippen LogP contribution in [-0.4, -0.2) is 20.9 Å². The minimum Gasteiger partial charge on any atom is -0.374 e. The van der Waals surface area contributed by atoms with Gasteiger partial charge in [0, 0.05) is 17.9 Å². The van der Waals surface area contributed by atoms with Gasteiger partial charge in [-0.15, -0.1) is 10.2 Å². The first-order chi connectivity index (χ1) is 8.65. The monoisotopic (exact) mass is 282 g/mol. The number of non-ortho nitro benzene ring substituents is 1. The molecule has 0 saturated carbocycles. The second kappa shape index (κ2) is 5.78. The maximum absolute atomic E-state index is 10.6. The van der Waals surface area contributed by atoms with Gasteiger partial charge in [0.05, 0.1) is 4.92 Å². The minimum absolute atomic E-state index is 0.123. The highest BCUT2D eigenvalue weighted by molar-refractivity contribution is 8.01. The van der Waals surface area contributed by atoms with Gasteiger partial charge in [-0.2, -0.15) is 0 Å². The highest BCUT2D eigenvalue weighted by Gasteiger charge is 2.06. The van der Waals surface area contributed by atoms with Crippen molar-refractivity contribution in [3.05, 3.63) is 39.9 Å². The van der Waals surface area contributed by atoms with E-state index >= 15 is 0 Å². The third-order valence-electron chi connectivity index (χ3n) is 2.16. The molecule has 0 amide bonds. The van der Waals surface area contributed by atoms with Crippen LogP contribution < -0.4 is 5.73 Å². The van der Waals surface area contributed by atoms with Crippen molar-refractivity contribution >= 4 is 33.9 Å². The van der Waals surface area contributed by atoms with Crippen molar-refractivity contribution in [1.29, 1.82) is 0 Å². The number of nitrogens with zero attached hydrogens (tertiary/aromatic N) is 3. The topological polar surface area (TPSA) is 94.9 Å². The van der Waals surface area contributed by atoms with Crippen LogP contribution in [0.1, 0.15) is 5.56 Å². The Bertz CT molecular complexity index is 558. The number of nitrogens with two attached hydrogens (primary N) is 1. The van der Waals surface area contributed by atoms with E-state index in [2.05, 4.69) is 10.2 Å². The van der Waals surface area contributed by atoms with Gasteiger partial charge >= 0.3 is 0 Å². The van der Waals surface area contributed by atoms with E-state index in [-0.39, 0.29) is 10.6 Å². The minimum atomic E-state index is -0.387. The van der Waals surface area contributed by atoms with Gasteiger partial charge in [-0.3, -0.25) is 10.1 Å². The van der Waals surface area contributed by atoms with E-state index < -0.39 is 0 Å². The van der Waals surface area contributed by atoms with Crippen molar-refractivity contribution in [2.75, 3.05) is 11.5 Å². The SMILES string of the molecule is Nc1nnc(SCCc2cccc([N+](=O)[O-])c2)s1. The first kappa shape index (κ1) is 12.8. The summed E-state index contributed by atoms with van der Waals surface area (Å²) in [6.07, 6.45) is 0.742. The first-order valence-electron chi connectivity index (χ1n) is 5.10. The predicted molar refractivity (Wildman–Crippen MR) is 71.8 cm³/mol. The summed E-state index contributed by atoms with van der Waals surface area (Å²) in [4.78, 5) is 10.2. The predicted octanol–water partition coefficient (Wildman–Crippen LogP) is 2.36. The second-order valence-electron chi connectivity index (χ2n) is 3.43. The van der Waals surface area contributed by atoms with Crippen LogP contribution in [0, 0.1) is 10.1 Å². The molecule has 2 rings (SSSR count). The molecule has 0 fully saturated rings. The Morgan fingerprint density at radius 2 is 2.28 bits per heavy atom. The van der Waals surface area contributed by atoms with Crippen LogP contribution in [0.25, 0.3) is 0 Å². The van der Waals surface area contributed by atoms with E-state index in [1.54, 1.807) is 23.9 Å². The maximum Gasteiger partial charge on any atom is 0.269 e. The molecule has 1 aromatic heterocycles. The molecule has 94 valence electrons. The highest BCUT2D eigenvalue weighted by atomic mass is 32.2. The summed E-state index contributed by atoms with van der Waals surface area (Å²) in [6, 6.07) is 6.65. The van der Waals surface area contributed by atoms with Crippen molar-refractivity contribution in [3.8, 4) is 0 Å². The Kier molecular flexibility index (Phi) is 4.11. The third kappa shape index (κ3) is 3.41. The summed E-state index contributed by atoms with van der Waals surface area (Å²) in [5, 5.41) is 18.7. The van der Waals surface area contributed by atoms with E-state index in [0.717, 1.165) is 22.1 Å². The molecular formula is C10H10N4O2S2. The lowest BCUT2D eigenvalue weighted by molar-refractivity contribution is -0.384. The van der Waals surface area contributed by atoms with Crippen LogP contribution in [0.4, 0.5) is 10.8 Å². The number of hydrogen-bond acceptors (Lipinski definition) is 7. The molecule has 0 atom stereocenters. The van der Waals surface area contributed by atoms with Gasteiger partial charge < -0.3 is 5.73 Å². The van der Waals surface area contributed by atoms with E-state index in [9.17, 15) is 10.1 Å². The lowest BCUT2D eigenvalue weighted by atomic mass is 10.1. The van der Waals surface area contributed by atoms with Gasteiger partial charge in [0.1, 0.15) is 0 Å². The molecule has 0 saturated heterocycles. The summed E-state index contributed by atoms with van der Waals surface area (Å²) in [7, 11) is 0. The molecule has 1 aromatic carbocycles. The van der Waals surface area contributed by atoms with E-state index in [1.165, 1.54) is 17.4 Å². The normalized spacial score (nSPS) is 10.4. The fourth-order valence-corrected chi connectivity index (χ4v) is 3.06. The Hall–Kier alpha value is -1.67. The molecule has 0 radical (unpaired) electrons. The summed E-state index contributed by atoms with van der Waals surface area (Å²) in [5.41, 5.74) is 6.53. The van der Waals surface area contributed by atoms with E-state index in [4.69, 9.17) is 5.73 Å². The molecule has 0 bridgehead atoms. The third-order valence-corrected chi connectivity index (χ3v) is 4.05. The molecule has 6 nitrogen and oxygen atoms in total. The number of aromatic nitrogens is 2. The molecule has 0 aliphatic heterocycles. The Morgan fingerprint density at radius 3 is 2.94 bits per heavy atom. The van der Waals surface area contributed by atoms with Crippen molar-refractivity contribution in [3.63, 3.8) is 0 Å². The van der Waals surface area contributed by atoms with Crippen LogP contribution >= 0.6 is 23.1 Å². The molecule has 0 aliphatic rings. The van der Waals surface area contributed by atoms with Crippen LogP contribution in [0.5, 0.6) is 0 Å². The van der Waals surface area contributed by atoms with Gasteiger partial charge in [-0.25, -0.2) is 0 Å². The van der Waals surface area contributed by atoms with E-state index in [0.29, 0.717) is 5.13 Å². The lowest BCUT2D eigenvalue weighted by Gasteiger charge is -1.99. The fourth-order valence-electron chi connectivity index (χ4n) is 1.36. The van der Waals surface area contributed by atoms with Gasteiger partial charge in [-0.1, -0.05) is 35.2 Å². The van der Waals surface area contributed by atoms with Gasteiger partial charge in [-0.05, 0) is 12.0 Å². The molecule has 0 aliphatic carbocycles. The average molecular weight is 282 g/mol. The zero-order chi connectivity index (χ0) is 13.0. The number of hydrogen-bond donors (Lipinski definition) is 1. The van der Waals surface area contributed by atoms with Crippen LogP contribution in [0.15, 0.2) is 28.6 Å². The summed E-state index contributed by atoms with van der Waals surface area (Å²) in [5.74, 6) is 0.788. The second-order valence-corrected chi connectivity index (χ2v) is 5.78. The fraction of sp³-hybridized carbons (Fsp3) is 0.200. The molecule has 2 aromatic rings. The molecule has 1 heterocycles. The highest BCUT2D eigenvalue weighted by Crippen LogP contribution is 2.24. The molecule has 0 spiro atoms. The zero-order valence-corrected chi connectivity index (χ0v) is 10.9. The van der Waals surface area contributed by atoms with Crippen LogP contribution in [-0.2, 0) is 6.42 Å². The number of nitro groups is 1. The number of anilines is 1. The summed E-state index contributed by atoms with van der Waals surface area (Å²) >= 11 is 2.89. The quantitative estimate of drug-likeness (QED) is 0.514. The van der Waals surface area contributed by atoms with Gasteiger partial charge in [0.25, 0.3) is 5.69 Å². The van der Waals surface area contributed by atoms with Crippen LogP contribution in [0.2, 0.25) is 0 Å². The Morgan fingerprint density at radius 1 is 1.44 bits per heavy atom. The molecular weight excluding hydrogens is 272 g/mol. The number of aryl methyl sites for hydroxylation is 1. The van der Waals surface area contributed by atoms with Gasteiger partial charge in [0.15, 0.2) is 4.34 Å². The smallest absolute Gasteiger partial charge is 0.269 e. The zero-order valence-electron chi connectivity index (χ0n) is 9.28. The summed E-state index contributed by atoms with van der Waals surface area (Å²) in [6.45, 7) is 0. The first-order valence-corrected chi connectivity index (χ1v) is 6.90. The van der Waals surface area contributed by atoms with Crippen molar-refractivity contribution in [1.82, 2.24) is 10.2 Å². The van der Waals surface area contributed by atoms with Crippen molar-refractivity contribution < 1.29 is 4.92 Å². The van der Waals surface area contributed by atoms with Gasteiger partial charge in [0.2, 0.25) is 5.13 Å². The molecule has 8 heteroatoms. The lowest BCUT2D eigenvalue weighted by Crippen LogP contribution is -1.92. The molecule has 0 unspecified atom stereocenters. The standard InChI is InChI=1S/C10H10N4O2S2/c11-9-12-13-10(18-9)17-5-4-7-2-1-3-8(6-7)14(15)16/h1-3,6H,4-5H2,(H2,11,12). The molecule has 2 N–H and O–H groups in total. The number of nitrogen functional groups attached to an aromatic ring is 1. The average Bonchev–Trinajstić information content (AvgIpc) is 2.75. The summed E-state index contributed by atoms with van der Waals surface area (Å²) < 4.78 is 0.818. The number of thioether (sulfide) groups is 1. The Balaban J connectivity index is 1.90. The number of benzene rings is 1. The van der Waals surface area contributed by atoms with Crippen molar-refractivity contribution in [2.24, 2.45) is 0 Å². The number of rotatable bonds is 5. The van der Waals surface area contributed by atoms with Crippen LogP contribution in [0.3, 0.4) is 0 Å². The maximum atomic E-state index is 10.6. The number of nitro benzene ring substituents is 1.